The first-order chi connectivity index (χ1) is 12.9. The van der Waals surface area contributed by atoms with Gasteiger partial charge in [0, 0.05) is 6.42 Å². The van der Waals surface area contributed by atoms with Gasteiger partial charge in [0.15, 0.2) is 0 Å². The summed E-state index contributed by atoms with van der Waals surface area (Å²) >= 11 is 0. The Balaban J connectivity index is 2.35. The van der Waals surface area contributed by atoms with Crippen molar-refractivity contribution in [3.8, 4) is 17.3 Å². The van der Waals surface area contributed by atoms with Crippen LogP contribution in [0.25, 0.3) is 11.4 Å². The highest BCUT2D eigenvalue weighted by atomic mass is 16.4. The van der Waals surface area contributed by atoms with Gasteiger partial charge in [-0.15, -0.1) is 0 Å². The maximum atomic E-state index is 13.1. The zero-order valence-electron chi connectivity index (χ0n) is 14.6. The number of hydrogen-bond donors (Lipinski definition) is 2. The van der Waals surface area contributed by atoms with Crippen molar-refractivity contribution in [3.63, 3.8) is 0 Å². The summed E-state index contributed by atoms with van der Waals surface area (Å²) in [6, 6.07) is 17.2. The number of para-hydroxylation sites is 2. The zero-order chi connectivity index (χ0) is 19.6. The molecule has 0 saturated carbocycles. The highest BCUT2D eigenvalue weighted by Crippen LogP contribution is 2.30. The molecule has 138 valence electrons. The first-order valence-corrected chi connectivity index (χ1v) is 8.31. The van der Waals surface area contributed by atoms with Gasteiger partial charge in [-0.2, -0.15) is 0 Å². The molecule has 1 atom stereocenters. The number of aromatic hydroxyl groups is 1. The number of ketones is 1. The second-order valence-electron chi connectivity index (χ2n) is 6.13. The lowest BCUT2D eigenvalue weighted by Crippen LogP contribution is -2.25. The van der Waals surface area contributed by atoms with Crippen LogP contribution in [0.4, 0.5) is 0 Å². The smallest absolute Gasteiger partial charge is 0.311 e. The average Bonchev–Trinajstić information content (AvgIpc) is 2.91. The van der Waals surface area contributed by atoms with E-state index in [2.05, 4.69) is 0 Å². The summed E-state index contributed by atoms with van der Waals surface area (Å²) in [6.45, 7) is 1.25. The quantitative estimate of drug-likeness (QED) is 0.698. The lowest BCUT2D eigenvalue weighted by molar-refractivity contribution is -0.140. The second-order valence-corrected chi connectivity index (χ2v) is 6.13. The molecule has 7 heteroatoms. The number of rotatable bonds is 6. The fourth-order valence-electron chi connectivity index (χ4n) is 3.02. The van der Waals surface area contributed by atoms with Gasteiger partial charge in [-0.3, -0.25) is 14.4 Å². The van der Waals surface area contributed by atoms with Crippen LogP contribution in [0.2, 0.25) is 0 Å². The van der Waals surface area contributed by atoms with Crippen LogP contribution in [0.5, 0.6) is 5.88 Å². The van der Waals surface area contributed by atoms with Gasteiger partial charge in [0.05, 0.1) is 22.9 Å². The third-order valence-corrected chi connectivity index (χ3v) is 4.20. The molecule has 3 rings (SSSR count). The van der Waals surface area contributed by atoms with Crippen molar-refractivity contribution in [2.45, 2.75) is 19.3 Å². The second kappa shape index (κ2) is 7.33. The van der Waals surface area contributed by atoms with Crippen LogP contribution in [0.15, 0.2) is 65.5 Å². The first kappa shape index (κ1) is 18.2. The van der Waals surface area contributed by atoms with E-state index >= 15 is 0 Å². The number of carbonyl (C=O) groups excluding carboxylic acids is 1. The molecule has 0 aliphatic carbocycles. The molecule has 1 heterocycles. The van der Waals surface area contributed by atoms with Crippen molar-refractivity contribution in [2.75, 3.05) is 0 Å². The molecular weight excluding hydrogens is 348 g/mol. The SMILES string of the molecule is CC(=O)CC(C(=O)O)c1c(O)n(-c2ccccc2)n(-c2ccccc2)c1=O. The summed E-state index contributed by atoms with van der Waals surface area (Å²) in [5.74, 6) is -3.67. The molecule has 2 aromatic carbocycles. The minimum absolute atomic E-state index is 0.314. The number of carboxylic acid groups (broad SMARTS) is 1. The summed E-state index contributed by atoms with van der Waals surface area (Å²) in [7, 11) is 0. The number of hydrogen-bond acceptors (Lipinski definition) is 4. The minimum Gasteiger partial charge on any atom is -0.493 e. The maximum absolute atomic E-state index is 13.1. The highest BCUT2D eigenvalue weighted by Gasteiger charge is 2.33. The van der Waals surface area contributed by atoms with Gasteiger partial charge in [-0.25, -0.2) is 9.36 Å². The van der Waals surface area contributed by atoms with Crippen molar-refractivity contribution >= 4 is 11.8 Å². The third-order valence-electron chi connectivity index (χ3n) is 4.20. The van der Waals surface area contributed by atoms with Crippen LogP contribution in [0, 0.1) is 0 Å². The Morgan fingerprint density at radius 3 is 1.85 bits per heavy atom. The van der Waals surface area contributed by atoms with Crippen LogP contribution >= 0.6 is 0 Å². The maximum Gasteiger partial charge on any atom is 0.311 e. The standard InChI is InChI=1S/C20H18N2O5/c1-13(23)12-16(20(26)27)17-18(24)21(14-8-4-2-5-9-14)22(19(17)25)15-10-6-3-7-11-15/h2-11,16,24H,12H2,1H3,(H,26,27). The van der Waals surface area contributed by atoms with E-state index in [1.807, 2.05) is 0 Å². The molecule has 0 aliphatic rings. The Bertz CT molecular complexity index is 1040. The predicted octanol–water partition coefficient (Wildman–Crippen LogP) is 2.48. The molecule has 1 aromatic heterocycles. The molecule has 2 N–H and O–H groups in total. The number of nitrogens with zero attached hydrogens (tertiary/aromatic N) is 2. The number of Topliss-reactive ketones (excluding diaryl/α,β-unsaturated/α-hetero) is 1. The number of benzene rings is 2. The van der Waals surface area contributed by atoms with E-state index in [0.29, 0.717) is 11.4 Å². The summed E-state index contributed by atoms with van der Waals surface area (Å²) in [6.07, 6.45) is -0.383. The summed E-state index contributed by atoms with van der Waals surface area (Å²) in [5.41, 5.74) is -0.0596. The average molecular weight is 366 g/mol. The molecule has 3 aromatic rings. The van der Waals surface area contributed by atoms with Crippen molar-refractivity contribution in [1.82, 2.24) is 9.36 Å². The summed E-state index contributed by atoms with van der Waals surface area (Å²) < 4.78 is 2.46. The van der Waals surface area contributed by atoms with E-state index in [1.165, 1.54) is 16.3 Å². The van der Waals surface area contributed by atoms with E-state index < -0.39 is 23.3 Å². The molecule has 0 amide bonds. The molecule has 0 spiro atoms. The molecule has 7 nitrogen and oxygen atoms in total. The van der Waals surface area contributed by atoms with E-state index in [0.717, 1.165) is 0 Å². The van der Waals surface area contributed by atoms with E-state index in [1.54, 1.807) is 60.7 Å². The van der Waals surface area contributed by atoms with Gasteiger partial charge in [-0.05, 0) is 31.2 Å². The van der Waals surface area contributed by atoms with Crippen molar-refractivity contribution in [3.05, 3.63) is 76.6 Å². The minimum atomic E-state index is -1.44. The third kappa shape index (κ3) is 3.39. The summed E-state index contributed by atoms with van der Waals surface area (Å²) in [5, 5.41) is 20.3. The Morgan fingerprint density at radius 1 is 0.926 bits per heavy atom. The normalized spacial score (nSPS) is 11.9. The Kier molecular flexibility index (Phi) is 4.94. The van der Waals surface area contributed by atoms with Gasteiger partial charge in [0.2, 0.25) is 5.88 Å². The van der Waals surface area contributed by atoms with Crippen LogP contribution in [-0.4, -0.2) is 31.3 Å². The van der Waals surface area contributed by atoms with Crippen molar-refractivity contribution < 1.29 is 19.8 Å². The van der Waals surface area contributed by atoms with Crippen LogP contribution in [0.1, 0.15) is 24.8 Å². The Morgan fingerprint density at radius 2 is 1.41 bits per heavy atom. The first-order valence-electron chi connectivity index (χ1n) is 8.31. The van der Waals surface area contributed by atoms with Crippen LogP contribution in [-0.2, 0) is 9.59 Å². The van der Waals surface area contributed by atoms with Crippen molar-refractivity contribution in [2.24, 2.45) is 0 Å². The fourth-order valence-corrected chi connectivity index (χ4v) is 3.02. The lowest BCUT2D eigenvalue weighted by Gasteiger charge is -2.12. The zero-order valence-corrected chi connectivity index (χ0v) is 14.6. The van der Waals surface area contributed by atoms with Gasteiger partial charge in [0.1, 0.15) is 5.78 Å². The summed E-state index contributed by atoms with van der Waals surface area (Å²) in [4.78, 5) is 36.4. The molecule has 1 unspecified atom stereocenters. The largest absolute Gasteiger partial charge is 0.493 e. The van der Waals surface area contributed by atoms with Gasteiger partial charge in [0.25, 0.3) is 5.56 Å². The van der Waals surface area contributed by atoms with Crippen LogP contribution < -0.4 is 5.56 Å². The lowest BCUT2D eigenvalue weighted by atomic mass is 9.96. The molecule has 0 fully saturated rings. The van der Waals surface area contributed by atoms with E-state index in [9.17, 15) is 24.6 Å². The van der Waals surface area contributed by atoms with Gasteiger partial charge in [-0.1, -0.05) is 36.4 Å². The van der Waals surface area contributed by atoms with E-state index in [4.69, 9.17) is 0 Å². The number of carbonyl (C=O) groups is 2. The molecular formula is C20H18N2O5. The predicted molar refractivity (Wildman–Crippen MR) is 98.7 cm³/mol. The van der Waals surface area contributed by atoms with E-state index in [-0.39, 0.29) is 17.8 Å². The number of aliphatic carboxylic acids is 1. The molecule has 27 heavy (non-hydrogen) atoms. The monoisotopic (exact) mass is 366 g/mol. The Hall–Kier alpha value is -3.61. The van der Waals surface area contributed by atoms with Crippen LogP contribution in [0.3, 0.4) is 0 Å². The highest BCUT2D eigenvalue weighted by molar-refractivity contribution is 5.86. The number of aromatic nitrogens is 2. The molecule has 0 aliphatic heterocycles. The fraction of sp³-hybridized carbons (Fsp3) is 0.150. The topological polar surface area (TPSA) is 102 Å². The van der Waals surface area contributed by atoms with Crippen molar-refractivity contribution in [1.29, 1.82) is 0 Å². The molecule has 0 saturated heterocycles. The number of carboxylic acids is 1. The molecule has 0 bridgehead atoms. The molecule has 0 radical (unpaired) electrons. The van der Waals surface area contributed by atoms with Gasteiger partial charge < -0.3 is 10.2 Å². The Labute approximate surface area is 154 Å². The van der Waals surface area contributed by atoms with Gasteiger partial charge >= 0.3 is 5.97 Å².